The minimum atomic E-state index is -1.05. The van der Waals surface area contributed by atoms with E-state index in [4.69, 9.17) is 10.8 Å². The fourth-order valence-electron chi connectivity index (χ4n) is 1.18. The van der Waals surface area contributed by atoms with E-state index in [0.717, 1.165) is 18.2 Å². The molecule has 1 atom stereocenters. The molecule has 1 aromatic heterocycles. The minimum absolute atomic E-state index is 0.425. The van der Waals surface area contributed by atoms with Crippen LogP contribution < -0.4 is 10.6 Å². The van der Waals surface area contributed by atoms with Crippen LogP contribution in [0.15, 0.2) is 5.38 Å². The number of hydrogen-bond donors (Lipinski definition) is 2. The zero-order valence-corrected chi connectivity index (χ0v) is 9.62. The van der Waals surface area contributed by atoms with E-state index < -0.39 is 12.0 Å². The van der Waals surface area contributed by atoms with Crippen molar-refractivity contribution < 1.29 is 9.90 Å². The maximum absolute atomic E-state index is 10.6. The molecule has 0 bridgehead atoms. The first kappa shape index (κ1) is 11.9. The average Bonchev–Trinajstić information content (AvgIpc) is 2.67. The largest absolute Gasteiger partial charge is 0.480 e. The summed E-state index contributed by atoms with van der Waals surface area (Å²) in [4.78, 5) is 16.9. The van der Waals surface area contributed by atoms with Gasteiger partial charge in [-0.15, -0.1) is 11.3 Å². The van der Waals surface area contributed by atoms with Gasteiger partial charge in [0, 0.05) is 18.5 Å². The molecule has 15 heavy (non-hydrogen) atoms. The monoisotopic (exact) mass is 229 g/mol. The number of rotatable bonds is 5. The van der Waals surface area contributed by atoms with Crippen LogP contribution in [0.3, 0.4) is 0 Å². The van der Waals surface area contributed by atoms with Gasteiger partial charge in [0.05, 0.1) is 5.69 Å². The standard InChI is InChI=1S/C9H15N3O2S/c1-3-12(4-2)9-11-6(5-15-9)7(10)8(13)14/h5,7H,3-4,10H2,1-2H3,(H,13,14). The SMILES string of the molecule is CCN(CC)c1nc(C(N)C(=O)O)cs1. The van der Waals surface area contributed by atoms with E-state index in [1.54, 1.807) is 5.38 Å². The zero-order valence-electron chi connectivity index (χ0n) is 8.80. The first-order valence-electron chi connectivity index (χ1n) is 4.78. The molecule has 0 aliphatic heterocycles. The molecule has 0 saturated carbocycles. The molecule has 0 aliphatic rings. The molecule has 3 N–H and O–H groups in total. The summed E-state index contributed by atoms with van der Waals surface area (Å²) in [5.74, 6) is -1.05. The van der Waals surface area contributed by atoms with Crippen LogP contribution in [0.2, 0.25) is 0 Å². The molecule has 6 heteroatoms. The van der Waals surface area contributed by atoms with Gasteiger partial charge in [-0.05, 0) is 13.8 Å². The van der Waals surface area contributed by atoms with Crippen molar-refractivity contribution in [2.24, 2.45) is 5.73 Å². The van der Waals surface area contributed by atoms with Crippen LogP contribution in [-0.2, 0) is 4.79 Å². The second-order valence-corrected chi connectivity index (χ2v) is 3.88. The van der Waals surface area contributed by atoms with Gasteiger partial charge in [-0.25, -0.2) is 4.98 Å². The Morgan fingerprint density at radius 2 is 2.27 bits per heavy atom. The third-order valence-electron chi connectivity index (χ3n) is 2.13. The van der Waals surface area contributed by atoms with E-state index in [1.807, 2.05) is 13.8 Å². The Bertz CT molecular complexity index is 336. The van der Waals surface area contributed by atoms with Crippen LogP contribution in [-0.4, -0.2) is 29.1 Å². The molecular weight excluding hydrogens is 214 g/mol. The van der Waals surface area contributed by atoms with Crippen molar-refractivity contribution in [3.8, 4) is 0 Å². The third-order valence-corrected chi connectivity index (χ3v) is 3.05. The molecule has 0 amide bonds. The molecule has 0 aromatic carbocycles. The summed E-state index contributed by atoms with van der Waals surface area (Å²) >= 11 is 1.42. The highest BCUT2D eigenvalue weighted by Crippen LogP contribution is 2.23. The van der Waals surface area contributed by atoms with Gasteiger partial charge in [-0.3, -0.25) is 4.79 Å². The van der Waals surface area contributed by atoms with E-state index in [1.165, 1.54) is 11.3 Å². The molecular formula is C9H15N3O2S. The van der Waals surface area contributed by atoms with Crippen molar-refractivity contribution in [3.05, 3.63) is 11.1 Å². The van der Waals surface area contributed by atoms with Crippen LogP contribution in [0.4, 0.5) is 5.13 Å². The van der Waals surface area contributed by atoms with Crippen molar-refractivity contribution in [3.63, 3.8) is 0 Å². The highest BCUT2D eigenvalue weighted by Gasteiger charge is 2.18. The molecule has 1 rings (SSSR count). The maximum atomic E-state index is 10.6. The number of hydrogen-bond acceptors (Lipinski definition) is 5. The Hall–Kier alpha value is -1.14. The quantitative estimate of drug-likeness (QED) is 0.789. The predicted molar refractivity (Wildman–Crippen MR) is 60.2 cm³/mol. The minimum Gasteiger partial charge on any atom is -0.480 e. The fourth-order valence-corrected chi connectivity index (χ4v) is 2.18. The molecule has 0 fully saturated rings. The maximum Gasteiger partial charge on any atom is 0.326 e. The number of carboxylic acid groups (broad SMARTS) is 1. The normalized spacial score (nSPS) is 12.5. The summed E-state index contributed by atoms with van der Waals surface area (Å²) in [5.41, 5.74) is 5.89. The van der Waals surface area contributed by atoms with Gasteiger partial charge in [-0.1, -0.05) is 0 Å². The molecule has 0 saturated heterocycles. The molecule has 0 aliphatic carbocycles. The number of carboxylic acids is 1. The molecule has 5 nitrogen and oxygen atoms in total. The Kier molecular flexibility index (Phi) is 4.05. The average molecular weight is 229 g/mol. The fraction of sp³-hybridized carbons (Fsp3) is 0.556. The first-order valence-corrected chi connectivity index (χ1v) is 5.66. The summed E-state index contributed by atoms with van der Waals surface area (Å²) in [6, 6.07) is -1.02. The Balaban J connectivity index is 2.84. The van der Waals surface area contributed by atoms with Crippen molar-refractivity contribution in [1.29, 1.82) is 0 Å². The molecule has 1 unspecified atom stereocenters. The van der Waals surface area contributed by atoms with Gasteiger partial charge < -0.3 is 15.7 Å². The van der Waals surface area contributed by atoms with E-state index in [9.17, 15) is 4.79 Å². The second-order valence-electron chi connectivity index (χ2n) is 3.04. The first-order chi connectivity index (χ1) is 7.10. The lowest BCUT2D eigenvalue weighted by Crippen LogP contribution is -2.23. The van der Waals surface area contributed by atoms with Gasteiger partial charge in [0.15, 0.2) is 5.13 Å². The number of aromatic nitrogens is 1. The van der Waals surface area contributed by atoms with Crippen LogP contribution in [0, 0.1) is 0 Å². The van der Waals surface area contributed by atoms with Gasteiger partial charge in [0.25, 0.3) is 0 Å². The topological polar surface area (TPSA) is 79.5 Å². The Morgan fingerprint density at radius 1 is 1.67 bits per heavy atom. The molecule has 0 spiro atoms. The lowest BCUT2D eigenvalue weighted by molar-refractivity contribution is -0.138. The van der Waals surface area contributed by atoms with Crippen molar-refractivity contribution >= 4 is 22.4 Å². The van der Waals surface area contributed by atoms with E-state index >= 15 is 0 Å². The molecule has 0 radical (unpaired) electrons. The smallest absolute Gasteiger partial charge is 0.326 e. The van der Waals surface area contributed by atoms with Gasteiger partial charge in [0.1, 0.15) is 6.04 Å². The van der Waals surface area contributed by atoms with E-state index in [0.29, 0.717) is 5.69 Å². The summed E-state index contributed by atoms with van der Waals surface area (Å²) in [5, 5.41) is 11.3. The number of thiazole rings is 1. The lowest BCUT2D eigenvalue weighted by Gasteiger charge is -2.16. The highest BCUT2D eigenvalue weighted by atomic mass is 32.1. The number of nitrogens with two attached hydrogens (primary N) is 1. The van der Waals surface area contributed by atoms with Crippen LogP contribution in [0.1, 0.15) is 25.6 Å². The van der Waals surface area contributed by atoms with Crippen LogP contribution in [0.25, 0.3) is 0 Å². The van der Waals surface area contributed by atoms with Gasteiger partial charge in [-0.2, -0.15) is 0 Å². The lowest BCUT2D eigenvalue weighted by atomic mass is 10.2. The summed E-state index contributed by atoms with van der Waals surface area (Å²) in [7, 11) is 0. The van der Waals surface area contributed by atoms with Crippen LogP contribution >= 0.6 is 11.3 Å². The third kappa shape index (κ3) is 2.66. The summed E-state index contributed by atoms with van der Waals surface area (Å²) < 4.78 is 0. The zero-order chi connectivity index (χ0) is 11.4. The highest BCUT2D eigenvalue weighted by molar-refractivity contribution is 7.13. The molecule has 1 heterocycles. The van der Waals surface area contributed by atoms with Gasteiger partial charge in [0.2, 0.25) is 0 Å². The van der Waals surface area contributed by atoms with E-state index in [2.05, 4.69) is 9.88 Å². The van der Waals surface area contributed by atoms with Crippen LogP contribution in [0.5, 0.6) is 0 Å². The van der Waals surface area contributed by atoms with Crippen molar-refractivity contribution in [1.82, 2.24) is 4.98 Å². The van der Waals surface area contributed by atoms with E-state index in [-0.39, 0.29) is 0 Å². The Labute approximate surface area is 92.5 Å². The summed E-state index contributed by atoms with van der Waals surface area (Å²) in [6.45, 7) is 5.76. The van der Waals surface area contributed by atoms with Gasteiger partial charge >= 0.3 is 5.97 Å². The Morgan fingerprint density at radius 3 is 2.73 bits per heavy atom. The second kappa shape index (κ2) is 5.09. The number of aliphatic carboxylic acids is 1. The number of nitrogens with zero attached hydrogens (tertiary/aromatic N) is 2. The number of carbonyl (C=O) groups is 1. The van der Waals surface area contributed by atoms with Crippen molar-refractivity contribution in [2.45, 2.75) is 19.9 Å². The number of anilines is 1. The summed E-state index contributed by atoms with van der Waals surface area (Å²) in [6.07, 6.45) is 0. The molecule has 84 valence electrons. The predicted octanol–water partition coefficient (Wildman–Crippen LogP) is 1.07. The molecule has 1 aromatic rings. The van der Waals surface area contributed by atoms with Crippen molar-refractivity contribution in [2.75, 3.05) is 18.0 Å².